The van der Waals surface area contributed by atoms with E-state index < -0.39 is 0 Å². The van der Waals surface area contributed by atoms with Crippen LogP contribution in [0, 0.1) is 18.8 Å². The molecule has 1 amide bonds. The Morgan fingerprint density at radius 1 is 1.23 bits per heavy atom. The molecule has 2 aromatic rings. The number of amides is 1. The number of H-pyrrole nitrogens is 1. The first-order chi connectivity index (χ1) is 14.6. The molecule has 0 bridgehead atoms. The van der Waals surface area contributed by atoms with Crippen LogP contribution in [0.3, 0.4) is 0 Å². The fourth-order valence-electron chi connectivity index (χ4n) is 5.70. The first-order valence-electron chi connectivity index (χ1n) is 11.3. The lowest BCUT2D eigenvalue weighted by molar-refractivity contribution is -0.135. The number of hydrogen-bond donors (Lipinski definition) is 2. The third-order valence-corrected chi connectivity index (χ3v) is 7.30. The molecule has 2 aliphatic heterocycles. The van der Waals surface area contributed by atoms with E-state index in [9.17, 15) is 9.90 Å². The Kier molecular flexibility index (Phi) is 5.52. The average molecular weight is 413 g/mol. The number of benzene rings is 1. The second-order valence-electron chi connectivity index (χ2n) is 9.32. The maximum absolute atomic E-state index is 12.7. The minimum Gasteiger partial charge on any atom is -0.391 e. The number of aryl methyl sites for hydroxylation is 1. The Morgan fingerprint density at radius 3 is 2.77 bits per heavy atom. The maximum atomic E-state index is 12.7. The summed E-state index contributed by atoms with van der Waals surface area (Å²) in [5.74, 6) is 1.71. The van der Waals surface area contributed by atoms with Gasteiger partial charge in [-0.15, -0.1) is 0 Å². The number of aliphatic hydroxyl groups is 1. The number of carbonyl (C=O) groups excluding carboxylic acids is 1. The van der Waals surface area contributed by atoms with Crippen LogP contribution in [0.2, 0.25) is 0 Å². The average Bonchev–Trinajstić information content (AvgIpc) is 3.46. The first kappa shape index (κ1) is 20.0. The highest BCUT2D eigenvalue weighted by Gasteiger charge is 2.44. The molecule has 3 aliphatic rings. The molecule has 3 fully saturated rings. The van der Waals surface area contributed by atoms with Crippen molar-refractivity contribution in [3.05, 3.63) is 29.6 Å². The van der Waals surface area contributed by atoms with Crippen molar-refractivity contribution < 1.29 is 14.6 Å². The summed E-state index contributed by atoms with van der Waals surface area (Å²) in [6.45, 7) is 6.18. The molecule has 30 heavy (non-hydrogen) atoms. The van der Waals surface area contributed by atoms with Gasteiger partial charge in [-0.1, -0.05) is 12.1 Å². The lowest BCUT2D eigenvalue weighted by Crippen LogP contribution is -2.48. The van der Waals surface area contributed by atoms with Crippen LogP contribution in [0.25, 0.3) is 11.0 Å². The molecule has 5 rings (SSSR count). The van der Waals surface area contributed by atoms with Crippen LogP contribution >= 0.6 is 0 Å². The molecule has 0 unspecified atom stereocenters. The Bertz CT molecular complexity index is 907. The van der Waals surface area contributed by atoms with Crippen LogP contribution in [0.4, 0.5) is 0 Å². The van der Waals surface area contributed by atoms with E-state index in [1.54, 1.807) is 0 Å². The molecule has 4 atom stereocenters. The highest BCUT2D eigenvalue weighted by Crippen LogP contribution is 2.39. The van der Waals surface area contributed by atoms with E-state index >= 15 is 0 Å². The molecule has 3 heterocycles. The number of rotatable bonds is 5. The molecule has 1 aliphatic carbocycles. The summed E-state index contributed by atoms with van der Waals surface area (Å²) in [5, 5.41) is 10.7. The normalized spacial score (nSPS) is 29.6. The van der Waals surface area contributed by atoms with Crippen LogP contribution in [-0.2, 0) is 16.1 Å². The van der Waals surface area contributed by atoms with Crippen LogP contribution in [0.5, 0.6) is 0 Å². The number of ether oxygens (including phenoxy) is 1. The van der Waals surface area contributed by atoms with E-state index in [0.29, 0.717) is 18.4 Å². The molecule has 2 saturated heterocycles. The maximum Gasteiger partial charge on any atom is 0.248 e. The third kappa shape index (κ3) is 3.86. The number of aliphatic hydroxyl groups excluding tert-OH is 1. The van der Waals surface area contributed by atoms with Crippen molar-refractivity contribution in [2.45, 2.75) is 51.4 Å². The minimum atomic E-state index is -0.257. The molecule has 0 radical (unpaired) electrons. The van der Waals surface area contributed by atoms with E-state index in [2.05, 4.69) is 14.9 Å². The zero-order valence-corrected chi connectivity index (χ0v) is 17.7. The molecule has 0 spiro atoms. The third-order valence-electron chi connectivity index (χ3n) is 7.30. The zero-order valence-electron chi connectivity index (χ0n) is 17.7. The van der Waals surface area contributed by atoms with Crippen LogP contribution in [0.15, 0.2) is 18.2 Å². The Morgan fingerprint density at radius 2 is 2.00 bits per heavy atom. The number of nitrogens with zero attached hydrogens (tertiary/aromatic N) is 3. The van der Waals surface area contributed by atoms with Crippen molar-refractivity contribution in [2.24, 2.45) is 11.8 Å². The summed E-state index contributed by atoms with van der Waals surface area (Å²) in [6.07, 6.45) is 4.05. The van der Waals surface area contributed by atoms with Gasteiger partial charge in [0.15, 0.2) is 0 Å². The van der Waals surface area contributed by atoms with Crippen molar-refractivity contribution >= 4 is 16.9 Å². The Labute approximate surface area is 177 Å². The van der Waals surface area contributed by atoms with Gasteiger partial charge in [-0.3, -0.25) is 9.69 Å². The van der Waals surface area contributed by atoms with Gasteiger partial charge < -0.3 is 19.7 Å². The predicted octanol–water partition coefficient (Wildman–Crippen LogP) is 2.08. The van der Waals surface area contributed by atoms with Crippen molar-refractivity contribution in [2.75, 3.05) is 32.8 Å². The highest BCUT2D eigenvalue weighted by molar-refractivity contribution is 5.79. The SMILES string of the molecule is Cc1cccc2[nH]c(COCC(=O)N3C[C@H]4C[C@@H](N5CCCC5)[C@H](O)C[C@H]4C3)nc12. The number of aromatic nitrogens is 2. The van der Waals surface area contributed by atoms with Crippen molar-refractivity contribution in [3.8, 4) is 0 Å². The number of hydrogen-bond acceptors (Lipinski definition) is 5. The quantitative estimate of drug-likeness (QED) is 0.786. The van der Waals surface area contributed by atoms with Crippen LogP contribution in [-0.4, -0.2) is 75.7 Å². The van der Waals surface area contributed by atoms with E-state index in [1.807, 2.05) is 30.0 Å². The first-order valence-corrected chi connectivity index (χ1v) is 11.3. The smallest absolute Gasteiger partial charge is 0.248 e. The zero-order chi connectivity index (χ0) is 20.7. The van der Waals surface area contributed by atoms with Crippen LogP contribution in [0.1, 0.15) is 37.1 Å². The molecule has 1 aromatic heterocycles. The van der Waals surface area contributed by atoms with Gasteiger partial charge >= 0.3 is 0 Å². The Balaban J connectivity index is 1.13. The molecule has 1 saturated carbocycles. The van der Waals surface area contributed by atoms with E-state index in [0.717, 1.165) is 61.4 Å². The van der Waals surface area contributed by atoms with E-state index in [4.69, 9.17) is 4.74 Å². The predicted molar refractivity (Wildman–Crippen MR) is 114 cm³/mol. The molecular weight excluding hydrogens is 380 g/mol. The lowest BCUT2D eigenvalue weighted by atomic mass is 9.77. The van der Waals surface area contributed by atoms with Gasteiger partial charge in [-0.25, -0.2) is 4.98 Å². The topological polar surface area (TPSA) is 81.7 Å². The van der Waals surface area contributed by atoms with Gasteiger partial charge in [0.2, 0.25) is 5.91 Å². The van der Waals surface area contributed by atoms with Gasteiger partial charge in [0.1, 0.15) is 19.0 Å². The van der Waals surface area contributed by atoms with Gasteiger partial charge in [0.05, 0.1) is 17.1 Å². The summed E-state index contributed by atoms with van der Waals surface area (Å²) in [6, 6.07) is 6.31. The van der Waals surface area contributed by atoms with Gasteiger partial charge in [0.25, 0.3) is 0 Å². The number of nitrogens with one attached hydrogen (secondary N) is 1. The number of imidazole rings is 1. The van der Waals surface area contributed by atoms with Crippen LogP contribution < -0.4 is 0 Å². The highest BCUT2D eigenvalue weighted by atomic mass is 16.5. The molecule has 2 N–H and O–H groups in total. The van der Waals surface area contributed by atoms with Gasteiger partial charge in [0, 0.05) is 19.1 Å². The molecule has 7 nitrogen and oxygen atoms in total. The van der Waals surface area contributed by atoms with E-state index in [1.165, 1.54) is 12.8 Å². The second-order valence-corrected chi connectivity index (χ2v) is 9.32. The second kappa shape index (κ2) is 8.29. The molecule has 7 heteroatoms. The van der Waals surface area contributed by atoms with Gasteiger partial charge in [-0.05, 0) is 69.2 Å². The van der Waals surface area contributed by atoms with Crippen molar-refractivity contribution in [1.29, 1.82) is 0 Å². The monoisotopic (exact) mass is 412 g/mol. The largest absolute Gasteiger partial charge is 0.391 e. The molecular formula is C23H32N4O3. The fourth-order valence-corrected chi connectivity index (χ4v) is 5.70. The summed E-state index contributed by atoms with van der Waals surface area (Å²) in [7, 11) is 0. The number of carbonyl (C=O) groups is 1. The summed E-state index contributed by atoms with van der Waals surface area (Å²) in [4.78, 5) is 25.0. The minimum absolute atomic E-state index is 0.0453. The summed E-state index contributed by atoms with van der Waals surface area (Å²) in [5.41, 5.74) is 3.08. The summed E-state index contributed by atoms with van der Waals surface area (Å²) >= 11 is 0. The fraction of sp³-hybridized carbons (Fsp3) is 0.652. The van der Waals surface area contributed by atoms with E-state index in [-0.39, 0.29) is 24.7 Å². The molecule has 162 valence electrons. The number of likely N-dealkylation sites (tertiary alicyclic amines) is 2. The lowest BCUT2D eigenvalue weighted by Gasteiger charge is -2.40. The molecule has 1 aromatic carbocycles. The summed E-state index contributed by atoms with van der Waals surface area (Å²) < 4.78 is 5.70. The standard InChI is InChI=1S/C23H32N4O3/c1-15-5-4-6-18-23(15)25-21(24-18)13-30-14-22(29)27-11-16-9-19(26-7-2-3-8-26)20(28)10-17(16)12-27/h4-6,16-17,19-20,28H,2-3,7-14H2,1H3,(H,24,25)/t16-,17+,19-,20-/m1/s1. The number of fused-ring (bicyclic) bond motifs is 2. The van der Waals surface area contributed by atoms with Crippen molar-refractivity contribution in [1.82, 2.24) is 19.8 Å². The van der Waals surface area contributed by atoms with Gasteiger partial charge in [-0.2, -0.15) is 0 Å². The Hall–Kier alpha value is -1.96. The van der Waals surface area contributed by atoms with Crippen molar-refractivity contribution in [3.63, 3.8) is 0 Å². The number of aromatic amines is 1. The number of para-hydroxylation sites is 1.